The van der Waals surface area contributed by atoms with Crippen LogP contribution in [0.3, 0.4) is 0 Å². The fourth-order valence-corrected chi connectivity index (χ4v) is 21.1. The number of anilines is 1. The molecular weight excluding hydrogens is 1520 g/mol. The number of carbonyl (C=O) groups is 3. The molecule has 8 aromatic rings. The third kappa shape index (κ3) is 17.9. The van der Waals surface area contributed by atoms with Gasteiger partial charge in [-0.25, -0.2) is 13.4 Å². The number of ether oxygens (including phenoxy) is 1. The van der Waals surface area contributed by atoms with Crippen LogP contribution in [0.4, 0.5) is 11.4 Å². The van der Waals surface area contributed by atoms with Gasteiger partial charge in [0.1, 0.15) is 6.54 Å². The van der Waals surface area contributed by atoms with Crippen molar-refractivity contribution in [2.75, 3.05) is 49.2 Å². The summed E-state index contributed by atoms with van der Waals surface area (Å²) in [5.74, 6) is -1.16. The highest BCUT2D eigenvalue weighted by molar-refractivity contribution is 8.03. The predicted molar refractivity (Wildman–Crippen MR) is 474 cm³/mol. The summed E-state index contributed by atoms with van der Waals surface area (Å²) in [5, 5.41) is 10.9. The molecule has 4 aliphatic heterocycles. The van der Waals surface area contributed by atoms with Crippen molar-refractivity contribution in [3.8, 4) is 0 Å². The number of benzene rings is 5. The number of allylic oxidation sites excluding steroid dienone is 9. The second-order valence-corrected chi connectivity index (χ2v) is 37.9. The molecule has 117 heavy (non-hydrogen) atoms. The average molecular weight is 1630 g/mol. The first-order chi connectivity index (χ1) is 56.0. The molecule has 8 bridgehead atoms. The maximum atomic E-state index is 14.2. The number of amides is 2. The van der Waals surface area contributed by atoms with E-state index >= 15 is 0 Å². The van der Waals surface area contributed by atoms with E-state index in [0.717, 1.165) is 188 Å². The van der Waals surface area contributed by atoms with Crippen molar-refractivity contribution in [1.29, 1.82) is 0 Å². The van der Waals surface area contributed by atoms with Crippen LogP contribution in [0.5, 0.6) is 0 Å². The smallest absolute Gasteiger partial charge is 0.264 e. The minimum Gasteiger partial charge on any atom is -0.748 e. The Hall–Kier alpha value is -9.35. The zero-order valence-corrected chi connectivity index (χ0v) is 72.1. The van der Waals surface area contributed by atoms with E-state index in [1.54, 1.807) is 11.8 Å². The van der Waals surface area contributed by atoms with E-state index in [-0.39, 0.29) is 60.6 Å². The molecule has 18 nitrogen and oxygen atoms in total. The van der Waals surface area contributed by atoms with E-state index in [4.69, 9.17) is 14.7 Å². The van der Waals surface area contributed by atoms with Gasteiger partial charge in [-0.2, -0.15) is 13.0 Å². The van der Waals surface area contributed by atoms with Crippen LogP contribution in [0.2, 0.25) is 0 Å². The Morgan fingerprint density at radius 1 is 0.752 bits per heavy atom. The Morgan fingerprint density at radius 3 is 2.18 bits per heavy atom. The molecule has 5 aromatic carbocycles. The van der Waals surface area contributed by atoms with E-state index in [1.807, 2.05) is 43.3 Å². The number of hydrogen-bond acceptors (Lipinski definition) is 13. The Bertz CT molecular complexity index is 5880. The summed E-state index contributed by atoms with van der Waals surface area (Å²) in [6, 6.07) is 39.6. The number of hydrogen-bond donors (Lipinski definition) is 5. The van der Waals surface area contributed by atoms with Gasteiger partial charge in [0.2, 0.25) is 11.6 Å². The molecule has 0 fully saturated rings. The standard InChI is InChI=1S/C96H112N8O10S3/c1-12-14-15-24-52-114-63(7)87-61(5)77-56-76-60(4)71(91(101-76)74-55-83(105)88-62(6)78(102-92(74)88)57-79-70(13-2)59(3)75(99-79)58-80(87)100-77)42-47-86(106)97-48-20-21-49-98-94(107)68-34-40-69(41-35-68)115-93-66(38-45-84-95(8,9)89-72-32-18-16-28-64(72)36-43-81(89)103(84)50-22-25-53-116(108,109)110)30-27-31-67(93)39-46-85-96(10,11)90-73-33-19-17-29-65(73)37-44-82(90)104(85)51-23-26-54-117(111,112)113/h16-19,28-29,32-41,43-46,56-58,60,63,71H,12-15,20-27,30-31,42,47-55H2,1-11H3,(H5-,97,98,99,100,101,102,105,106,107,108,109,110,111,112,113)/t60-,63?,71-/m0/s1. The molecule has 21 heteroatoms. The molecule has 3 atom stereocenters. The molecule has 7 heterocycles. The monoisotopic (exact) mass is 1630 g/mol. The molecular formula is C96H112N8O10S3. The van der Waals surface area contributed by atoms with Crippen LogP contribution in [0.25, 0.3) is 54.8 Å². The van der Waals surface area contributed by atoms with Gasteiger partial charge in [0.05, 0.1) is 50.0 Å². The van der Waals surface area contributed by atoms with Gasteiger partial charge >= 0.3 is 0 Å². The van der Waals surface area contributed by atoms with Crippen molar-refractivity contribution in [2.24, 2.45) is 0 Å². The summed E-state index contributed by atoms with van der Waals surface area (Å²) in [6.07, 6.45) is 20.4. The number of aromatic amines is 2. The predicted octanol–water partition coefficient (Wildman–Crippen LogP) is 20.7. The number of aryl methyl sites for hydroxylation is 2. The Balaban J connectivity index is 0.682. The summed E-state index contributed by atoms with van der Waals surface area (Å²) in [6.45, 7) is 26.6. The normalized spacial score (nSPS) is 18.1. The van der Waals surface area contributed by atoms with Crippen LogP contribution in [-0.4, -0.2) is 118 Å². The number of rotatable bonds is 32. The summed E-state index contributed by atoms with van der Waals surface area (Å²) in [7, 11) is -8.53. The Morgan fingerprint density at radius 2 is 1.45 bits per heavy atom. The zero-order chi connectivity index (χ0) is 82.8. The number of carbonyl (C=O) groups excluding carboxylic acids is 3. The van der Waals surface area contributed by atoms with Crippen molar-refractivity contribution in [2.45, 2.75) is 219 Å². The second kappa shape index (κ2) is 35.3. The van der Waals surface area contributed by atoms with E-state index in [9.17, 15) is 40.3 Å². The van der Waals surface area contributed by atoms with E-state index in [2.05, 4.69) is 202 Å². The lowest BCUT2D eigenvalue weighted by Crippen LogP contribution is -2.28. The second-order valence-electron chi connectivity index (χ2n) is 33.7. The summed E-state index contributed by atoms with van der Waals surface area (Å²) >= 11 is 1.67. The highest BCUT2D eigenvalue weighted by atomic mass is 32.2. The highest BCUT2D eigenvalue weighted by Crippen LogP contribution is 2.53. The van der Waals surface area contributed by atoms with Crippen LogP contribution in [0, 0.1) is 13.8 Å². The molecule has 0 radical (unpaired) electrons. The van der Waals surface area contributed by atoms with Gasteiger partial charge in [-0.3, -0.25) is 23.9 Å². The zero-order valence-electron chi connectivity index (χ0n) is 69.6. The molecule has 614 valence electrons. The summed E-state index contributed by atoms with van der Waals surface area (Å²) in [5.41, 5.74) is 22.6. The first-order valence-electron chi connectivity index (χ1n) is 42.2. The van der Waals surface area contributed by atoms with Gasteiger partial charge in [0.15, 0.2) is 11.5 Å². The molecule has 0 saturated heterocycles. The number of Topliss-reactive ketones (excluding diaryl/α,β-unsaturated/α-hetero) is 1. The minimum atomic E-state index is -4.39. The van der Waals surface area contributed by atoms with Crippen LogP contribution in [-0.2, 0) is 47.0 Å². The lowest BCUT2D eigenvalue weighted by Gasteiger charge is -2.28. The number of H-pyrrole nitrogens is 2. The molecule has 2 aliphatic carbocycles. The fraction of sp³-hybridized carbons (Fsp3) is 0.417. The van der Waals surface area contributed by atoms with Gasteiger partial charge in [-0.15, -0.1) is 0 Å². The van der Waals surface area contributed by atoms with E-state index < -0.39 is 36.8 Å². The van der Waals surface area contributed by atoms with Crippen LogP contribution >= 0.6 is 11.8 Å². The molecule has 2 amide bonds. The molecule has 0 spiro atoms. The van der Waals surface area contributed by atoms with Gasteiger partial charge < -0.3 is 34.8 Å². The molecule has 6 aliphatic rings. The number of nitrogens with zero attached hydrogens (tertiary/aromatic N) is 4. The number of thioether (sulfide) groups is 1. The number of fused-ring (bicyclic) bond motifs is 14. The van der Waals surface area contributed by atoms with Gasteiger partial charge in [-0.05, 0) is 233 Å². The lowest BCUT2D eigenvalue weighted by molar-refractivity contribution is -0.438. The SMILES string of the molecule is CCCCCCOC(C)c1c(C)c2cc3nc(c4c5[nH]c(cc6nc(cc1[nH]2)C(C)=C6CC)c(C)c5C(=O)C4)[C@@H](CCC(=O)NCCCCNC(=O)c1ccc(SC2=C(/C=C/C4=[N+](CCCCS(=O)(=O)[O-])c5ccc6ccccc6c5C4(C)C)CCC/C2=C\C=C2\N(CCCCS(=O)(=O)O)c4ccc5ccccc5c4C2(C)C)cc1)[C@@H]3C. The fourth-order valence-electron chi connectivity index (χ4n) is 18.9. The third-order valence-electron chi connectivity index (χ3n) is 25.1. The Labute approximate surface area is 693 Å². The summed E-state index contributed by atoms with van der Waals surface area (Å²) < 4.78 is 78.0. The maximum absolute atomic E-state index is 14.2. The van der Waals surface area contributed by atoms with Crippen LogP contribution in [0.1, 0.15) is 260 Å². The largest absolute Gasteiger partial charge is 0.748 e. The minimum absolute atomic E-state index is 0.0568. The van der Waals surface area contributed by atoms with Crippen molar-refractivity contribution in [3.05, 3.63) is 229 Å². The van der Waals surface area contributed by atoms with Crippen molar-refractivity contribution >= 4 is 121 Å². The number of unbranched alkanes of at least 4 members (excludes halogenated alkanes) is 6. The number of aromatic nitrogens is 4. The molecule has 0 saturated carbocycles. The van der Waals surface area contributed by atoms with Crippen molar-refractivity contribution < 1.29 is 49.6 Å². The lowest BCUT2D eigenvalue weighted by atomic mass is 9.78. The van der Waals surface area contributed by atoms with E-state index in [1.165, 1.54) is 17.5 Å². The third-order valence-corrected chi connectivity index (χ3v) is 27.9. The Kier molecular flexibility index (Phi) is 25.4. The maximum Gasteiger partial charge on any atom is 0.264 e. The van der Waals surface area contributed by atoms with Gasteiger partial charge in [-0.1, -0.05) is 132 Å². The molecule has 3 aromatic heterocycles. The molecule has 5 N–H and O–H groups in total. The first kappa shape index (κ1) is 84.1. The molecule has 1 unspecified atom stereocenters. The van der Waals surface area contributed by atoms with Crippen LogP contribution in [0.15, 0.2) is 166 Å². The topological polar surface area (TPSA) is 260 Å². The average Bonchev–Trinajstić information content (AvgIpc) is 1.56. The van der Waals surface area contributed by atoms with Crippen molar-refractivity contribution in [3.63, 3.8) is 0 Å². The quantitative estimate of drug-likeness (QED) is 0.0149. The van der Waals surface area contributed by atoms with E-state index in [0.29, 0.717) is 82.4 Å². The van der Waals surface area contributed by atoms with Crippen molar-refractivity contribution in [1.82, 2.24) is 30.6 Å². The number of ketones is 1. The number of nitrogens with one attached hydrogen (secondary N) is 4. The molecule has 14 rings (SSSR count). The van der Waals surface area contributed by atoms with Gasteiger partial charge in [0, 0.05) is 152 Å². The van der Waals surface area contributed by atoms with Gasteiger partial charge in [0.25, 0.3) is 16.0 Å². The highest BCUT2D eigenvalue weighted by Gasteiger charge is 2.46. The van der Waals surface area contributed by atoms with Crippen LogP contribution < -0.4 is 15.5 Å². The first-order valence-corrected chi connectivity index (χ1v) is 46.2. The summed E-state index contributed by atoms with van der Waals surface area (Å²) in [4.78, 5) is 64.7.